The number of amides is 1. The van der Waals surface area contributed by atoms with Gasteiger partial charge in [-0.3, -0.25) is 20.0 Å². The fourth-order valence-electron chi connectivity index (χ4n) is 2.35. The maximum absolute atomic E-state index is 11.9. The van der Waals surface area contributed by atoms with Crippen LogP contribution >= 0.6 is 11.6 Å². The molecule has 0 unspecified atom stereocenters. The van der Waals surface area contributed by atoms with Crippen molar-refractivity contribution in [2.24, 2.45) is 10.7 Å². The zero-order chi connectivity index (χ0) is 20.3. The van der Waals surface area contributed by atoms with E-state index >= 15 is 0 Å². The molecule has 28 heavy (non-hydrogen) atoms. The average molecular weight is 401 g/mol. The number of nitrogens with one attached hydrogen (secondary N) is 2. The summed E-state index contributed by atoms with van der Waals surface area (Å²) in [5, 5.41) is 30.3. The lowest BCUT2D eigenvalue weighted by Gasteiger charge is -2.06. The molecule has 0 aliphatic heterocycles. The molecule has 0 radical (unpaired) electrons. The third-order valence-electron chi connectivity index (χ3n) is 3.66. The minimum Gasteiger partial charge on any atom is -0.502 e. The van der Waals surface area contributed by atoms with Gasteiger partial charge in [0.05, 0.1) is 15.6 Å². The van der Waals surface area contributed by atoms with Gasteiger partial charge in [0.1, 0.15) is 11.4 Å². The molecule has 0 fully saturated rings. The van der Waals surface area contributed by atoms with Crippen molar-refractivity contribution in [3.05, 3.63) is 68.7 Å². The standard InChI is InChI=1S/C17H13ClN6O4/c18-10-3-1-2-4-11(10)21-17-14(15(19)26)16(22-23-17)20-8-9-5-6-13(25)12(7-9)24(27)28/h1-8,25H,(H2,19,26)(H2,21,22,23). The predicted molar refractivity (Wildman–Crippen MR) is 104 cm³/mol. The minimum absolute atomic E-state index is 0.00977. The van der Waals surface area contributed by atoms with Crippen LogP contribution in [0.25, 0.3) is 0 Å². The van der Waals surface area contributed by atoms with E-state index in [2.05, 4.69) is 20.5 Å². The van der Waals surface area contributed by atoms with Crippen LogP contribution in [0.15, 0.2) is 47.5 Å². The molecule has 0 saturated carbocycles. The van der Waals surface area contributed by atoms with Crippen LogP contribution in [0.2, 0.25) is 5.02 Å². The van der Waals surface area contributed by atoms with Crippen molar-refractivity contribution in [1.82, 2.24) is 10.2 Å². The molecule has 2 aromatic carbocycles. The summed E-state index contributed by atoms with van der Waals surface area (Å²) in [6, 6.07) is 10.6. The van der Waals surface area contributed by atoms with Crippen molar-refractivity contribution in [2.75, 3.05) is 5.32 Å². The Labute approximate surface area is 162 Å². The lowest BCUT2D eigenvalue weighted by atomic mass is 10.2. The van der Waals surface area contributed by atoms with Crippen LogP contribution in [0, 0.1) is 10.1 Å². The molecular formula is C17H13ClN6O4. The number of nitrogens with zero attached hydrogens (tertiary/aromatic N) is 3. The molecule has 1 heterocycles. The first kappa shape index (κ1) is 18.9. The number of benzene rings is 2. The molecule has 0 saturated heterocycles. The summed E-state index contributed by atoms with van der Waals surface area (Å²) in [5.41, 5.74) is 5.81. The molecular weight excluding hydrogens is 388 g/mol. The number of anilines is 2. The summed E-state index contributed by atoms with van der Waals surface area (Å²) in [5.74, 6) is -1.07. The van der Waals surface area contributed by atoms with E-state index in [4.69, 9.17) is 17.3 Å². The molecule has 0 aliphatic carbocycles. The topological polar surface area (TPSA) is 160 Å². The number of primary amides is 1. The van der Waals surface area contributed by atoms with Crippen LogP contribution in [0.5, 0.6) is 5.75 Å². The van der Waals surface area contributed by atoms with Crippen LogP contribution in [0.3, 0.4) is 0 Å². The summed E-state index contributed by atoms with van der Waals surface area (Å²) >= 11 is 6.09. The fourth-order valence-corrected chi connectivity index (χ4v) is 2.53. The number of nitrogens with two attached hydrogens (primary N) is 1. The Bertz CT molecular complexity index is 1100. The van der Waals surface area contributed by atoms with Crippen LogP contribution < -0.4 is 11.1 Å². The fraction of sp³-hybridized carbons (Fsp3) is 0. The number of nitro benzene ring substituents is 1. The number of aliphatic imine (C=N–C) groups is 1. The molecule has 0 aliphatic rings. The first-order valence-corrected chi connectivity index (χ1v) is 8.16. The van der Waals surface area contributed by atoms with Crippen molar-refractivity contribution < 1.29 is 14.8 Å². The number of aromatic amines is 1. The number of phenols is 1. The van der Waals surface area contributed by atoms with Crippen LogP contribution in [0.4, 0.5) is 23.0 Å². The number of H-pyrrole nitrogens is 1. The average Bonchev–Trinajstić information content (AvgIpc) is 3.05. The number of hydrogen-bond acceptors (Lipinski definition) is 7. The maximum Gasteiger partial charge on any atom is 0.311 e. The molecule has 10 nitrogen and oxygen atoms in total. The van der Waals surface area contributed by atoms with Gasteiger partial charge in [0, 0.05) is 12.3 Å². The molecule has 142 valence electrons. The monoisotopic (exact) mass is 400 g/mol. The molecule has 1 aromatic heterocycles. The summed E-state index contributed by atoms with van der Waals surface area (Å²) in [6.45, 7) is 0. The smallest absolute Gasteiger partial charge is 0.311 e. The van der Waals surface area contributed by atoms with E-state index < -0.39 is 22.3 Å². The number of halogens is 1. The number of nitro groups is 1. The van der Waals surface area contributed by atoms with E-state index in [9.17, 15) is 20.0 Å². The van der Waals surface area contributed by atoms with Crippen LogP contribution in [-0.4, -0.2) is 32.3 Å². The number of carbonyl (C=O) groups is 1. The predicted octanol–water partition coefficient (Wildman–Crippen LogP) is 3.27. The van der Waals surface area contributed by atoms with Gasteiger partial charge < -0.3 is 16.2 Å². The largest absolute Gasteiger partial charge is 0.502 e. The number of aromatic nitrogens is 2. The highest BCUT2D eigenvalue weighted by atomic mass is 35.5. The Morgan fingerprint density at radius 1 is 1.36 bits per heavy atom. The van der Waals surface area contributed by atoms with Crippen molar-refractivity contribution in [2.45, 2.75) is 0 Å². The first-order valence-electron chi connectivity index (χ1n) is 7.78. The summed E-state index contributed by atoms with van der Waals surface area (Å²) in [6.07, 6.45) is 1.26. The van der Waals surface area contributed by atoms with Gasteiger partial charge >= 0.3 is 5.69 Å². The second-order valence-electron chi connectivity index (χ2n) is 5.53. The van der Waals surface area contributed by atoms with Gasteiger partial charge in [-0.2, -0.15) is 5.10 Å². The number of carbonyl (C=O) groups excluding carboxylic acids is 1. The van der Waals surface area contributed by atoms with E-state index in [0.29, 0.717) is 16.3 Å². The van der Waals surface area contributed by atoms with Crippen molar-refractivity contribution in [1.29, 1.82) is 0 Å². The highest BCUT2D eigenvalue weighted by Gasteiger charge is 2.19. The number of rotatable bonds is 6. The Kier molecular flexibility index (Phi) is 5.23. The molecule has 3 aromatic rings. The van der Waals surface area contributed by atoms with Crippen molar-refractivity contribution in [3.8, 4) is 5.75 Å². The first-order chi connectivity index (χ1) is 13.4. The third-order valence-corrected chi connectivity index (χ3v) is 3.99. The van der Waals surface area contributed by atoms with Gasteiger partial charge in [0.15, 0.2) is 11.6 Å². The molecule has 5 N–H and O–H groups in total. The van der Waals surface area contributed by atoms with Crippen molar-refractivity contribution in [3.63, 3.8) is 0 Å². The normalized spacial score (nSPS) is 10.9. The second-order valence-corrected chi connectivity index (χ2v) is 5.94. The highest BCUT2D eigenvalue weighted by Crippen LogP contribution is 2.30. The van der Waals surface area contributed by atoms with E-state index in [1.807, 2.05) is 0 Å². The molecule has 0 bridgehead atoms. The zero-order valence-corrected chi connectivity index (χ0v) is 14.8. The molecule has 0 spiro atoms. The van der Waals surface area contributed by atoms with Gasteiger partial charge in [-0.05, 0) is 29.8 Å². The summed E-state index contributed by atoms with van der Waals surface area (Å²) in [4.78, 5) is 26.1. The SMILES string of the molecule is NC(=O)c1c(N=Cc2ccc(O)c([N+](=O)[O-])c2)n[nH]c1Nc1ccccc1Cl. The Hall–Kier alpha value is -3.92. The van der Waals surface area contributed by atoms with Gasteiger partial charge in [0.25, 0.3) is 5.91 Å². The lowest BCUT2D eigenvalue weighted by Crippen LogP contribution is -2.12. The second kappa shape index (κ2) is 7.76. The Morgan fingerprint density at radius 3 is 2.79 bits per heavy atom. The number of phenolic OH excluding ortho intramolecular Hbond substituents is 1. The van der Waals surface area contributed by atoms with Gasteiger partial charge in [-0.1, -0.05) is 23.7 Å². The summed E-state index contributed by atoms with van der Waals surface area (Å²) in [7, 11) is 0. The molecule has 0 atom stereocenters. The molecule has 1 amide bonds. The quantitative estimate of drug-likeness (QED) is 0.282. The Morgan fingerprint density at radius 2 is 2.11 bits per heavy atom. The third kappa shape index (κ3) is 3.91. The number of para-hydroxylation sites is 1. The highest BCUT2D eigenvalue weighted by molar-refractivity contribution is 6.33. The molecule has 11 heteroatoms. The van der Waals surface area contributed by atoms with E-state index in [1.54, 1.807) is 24.3 Å². The van der Waals surface area contributed by atoms with E-state index in [-0.39, 0.29) is 17.2 Å². The van der Waals surface area contributed by atoms with E-state index in [0.717, 1.165) is 6.07 Å². The van der Waals surface area contributed by atoms with Gasteiger partial charge in [-0.25, -0.2) is 4.99 Å². The Balaban J connectivity index is 1.93. The van der Waals surface area contributed by atoms with E-state index in [1.165, 1.54) is 18.3 Å². The molecule has 3 rings (SSSR count). The van der Waals surface area contributed by atoms with Gasteiger partial charge in [-0.15, -0.1) is 0 Å². The maximum atomic E-state index is 11.9. The van der Waals surface area contributed by atoms with Gasteiger partial charge in [0.2, 0.25) is 0 Å². The van der Waals surface area contributed by atoms with Crippen LogP contribution in [-0.2, 0) is 0 Å². The summed E-state index contributed by atoms with van der Waals surface area (Å²) < 4.78 is 0. The lowest BCUT2D eigenvalue weighted by molar-refractivity contribution is -0.385. The number of aromatic hydroxyl groups is 1. The van der Waals surface area contributed by atoms with Crippen molar-refractivity contribution >= 4 is 46.7 Å². The number of hydrogen-bond donors (Lipinski definition) is 4. The minimum atomic E-state index is -0.785. The zero-order valence-electron chi connectivity index (χ0n) is 14.1. The van der Waals surface area contributed by atoms with Crippen LogP contribution in [0.1, 0.15) is 15.9 Å².